The average molecular weight is 311 g/mol. The van der Waals surface area contributed by atoms with Gasteiger partial charge in [-0.2, -0.15) is 0 Å². The SMILES string of the molecule is Cc1ccc(C)c(CN(C[C@@H](O)Cc2ccccc2)C(C)C)c1. The molecule has 0 aliphatic rings. The normalized spacial score (nSPS) is 12.8. The predicted molar refractivity (Wildman–Crippen MR) is 97.6 cm³/mol. The van der Waals surface area contributed by atoms with Crippen molar-refractivity contribution in [2.24, 2.45) is 0 Å². The summed E-state index contributed by atoms with van der Waals surface area (Å²) in [5, 5.41) is 10.5. The highest BCUT2D eigenvalue weighted by Crippen LogP contribution is 2.16. The second kappa shape index (κ2) is 8.28. The number of nitrogens with zero attached hydrogens (tertiary/aromatic N) is 1. The third-order valence-corrected chi connectivity index (χ3v) is 4.37. The molecule has 0 aliphatic heterocycles. The first-order valence-corrected chi connectivity index (χ1v) is 8.48. The van der Waals surface area contributed by atoms with E-state index in [1.165, 1.54) is 22.3 Å². The standard InChI is InChI=1S/C21H29NO/c1-16(2)22(14-20-12-17(3)10-11-18(20)4)15-21(23)13-19-8-6-5-7-9-19/h5-12,16,21,23H,13-15H2,1-4H3/t21-/m0/s1. The number of hydrogen-bond donors (Lipinski definition) is 1. The third kappa shape index (κ3) is 5.49. The van der Waals surface area contributed by atoms with E-state index in [2.05, 4.69) is 62.9 Å². The van der Waals surface area contributed by atoms with Gasteiger partial charge in [-0.3, -0.25) is 4.90 Å². The Labute approximate surface area is 140 Å². The maximum absolute atomic E-state index is 10.5. The van der Waals surface area contributed by atoms with Crippen molar-refractivity contribution < 1.29 is 5.11 Å². The molecule has 2 aromatic carbocycles. The van der Waals surface area contributed by atoms with Crippen LogP contribution in [0, 0.1) is 13.8 Å². The van der Waals surface area contributed by atoms with Crippen molar-refractivity contribution in [2.45, 2.75) is 52.8 Å². The number of benzene rings is 2. The van der Waals surface area contributed by atoms with Crippen molar-refractivity contribution in [1.82, 2.24) is 4.90 Å². The van der Waals surface area contributed by atoms with Crippen LogP contribution in [-0.2, 0) is 13.0 Å². The van der Waals surface area contributed by atoms with Crippen LogP contribution in [0.5, 0.6) is 0 Å². The first kappa shape index (κ1) is 17.7. The Morgan fingerprint density at radius 1 is 1.00 bits per heavy atom. The summed E-state index contributed by atoms with van der Waals surface area (Å²) in [4.78, 5) is 2.36. The van der Waals surface area contributed by atoms with Gasteiger partial charge in [-0.05, 0) is 50.8 Å². The first-order valence-electron chi connectivity index (χ1n) is 8.48. The van der Waals surface area contributed by atoms with Crippen LogP contribution in [0.4, 0.5) is 0 Å². The number of hydrogen-bond acceptors (Lipinski definition) is 2. The molecule has 0 aliphatic carbocycles. The van der Waals surface area contributed by atoms with Crippen molar-refractivity contribution in [3.8, 4) is 0 Å². The Kier molecular flexibility index (Phi) is 6.37. The first-order chi connectivity index (χ1) is 11.0. The van der Waals surface area contributed by atoms with E-state index in [-0.39, 0.29) is 6.10 Å². The van der Waals surface area contributed by atoms with Crippen LogP contribution >= 0.6 is 0 Å². The van der Waals surface area contributed by atoms with Crippen LogP contribution in [0.25, 0.3) is 0 Å². The summed E-state index contributed by atoms with van der Waals surface area (Å²) in [7, 11) is 0. The molecule has 0 amide bonds. The van der Waals surface area contributed by atoms with Crippen molar-refractivity contribution in [1.29, 1.82) is 0 Å². The lowest BCUT2D eigenvalue weighted by molar-refractivity contribution is 0.0907. The Bertz CT molecular complexity index is 606. The summed E-state index contributed by atoms with van der Waals surface area (Å²) in [6.45, 7) is 10.3. The number of aryl methyl sites for hydroxylation is 2. The van der Waals surface area contributed by atoms with E-state index in [1.807, 2.05) is 18.2 Å². The molecule has 0 radical (unpaired) electrons. The molecular weight excluding hydrogens is 282 g/mol. The molecule has 0 unspecified atom stereocenters. The van der Waals surface area contributed by atoms with Crippen molar-refractivity contribution >= 4 is 0 Å². The molecule has 0 fully saturated rings. The van der Waals surface area contributed by atoms with E-state index in [9.17, 15) is 5.11 Å². The summed E-state index contributed by atoms with van der Waals surface area (Å²) in [5.74, 6) is 0. The highest BCUT2D eigenvalue weighted by atomic mass is 16.3. The number of aliphatic hydroxyl groups is 1. The van der Waals surface area contributed by atoms with Gasteiger partial charge in [0, 0.05) is 19.1 Å². The lowest BCUT2D eigenvalue weighted by Gasteiger charge is -2.29. The van der Waals surface area contributed by atoms with Gasteiger partial charge in [-0.25, -0.2) is 0 Å². The molecule has 124 valence electrons. The zero-order valence-electron chi connectivity index (χ0n) is 14.8. The highest BCUT2D eigenvalue weighted by Gasteiger charge is 2.16. The van der Waals surface area contributed by atoms with Gasteiger partial charge in [0.05, 0.1) is 6.10 Å². The summed E-state index contributed by atoms with van der Waals surface area (Å²) < 4.78 is 0. The Hall–Kier alpha value is -1.64. The summed E-state index contributed by atoms with van der Waals surface area (Å²) in [6.07, 6.45) is 0.363. The molecule has 2 aromatic rings. The average Bonchev–Trinajstić information content (AvgIpc) is 2.51. The quantitative estimate of drug-likeness (QED) is 0.831. The van der Waals surface area contributed by atoms with Crippen molar-refractivity contribution in [3.05, 3.63) is 70.8 Å². The van der Waals surface area contributed by atoms with Gasteiger partial charge in [0.2, 0.25) is 0 Å². The molecule has 2 rings (SSSR count). The largest absolute Gasteiger partial charge is 0.391 e. The fourth-order valence-electron chi connectivity index (χ4n) is 2.87. The van der Waals surface area contributed by atoms with Crippen molar-refractivity contribution in [3.63, 3.8) is 0 Å². The molecule has 2 heteroatoms. The lowest BCUT2D eigenvalue weighted by Crippen LogP contribution is -2.38. The molecule has 1 N–H and O–H groups in total. The van der Waals surface area contributed by atoms with Gasteiger partial charge in [0.1, 0.15) is 0 Å². The molecular formula is C21H29NO. The molecule has 0 aromatic heterocycles. The van der Waals surface area contributed by atoms with Gasteiger partial charge >= 0.3 is 0 Å². The summed E-state index contributed by atoms with van der Waals surface area (Å²) >= 11 is 0. The molecule has 23 heavy (non-hydrogen) atoms. The highest BCUT2D eigenvalue weighted by molar-refractivity contribution is 5.30. The molecule has 1 atom stereocenters. The van der Waals surface area contributed by atoms with Gasteiger partial charge in [-0.1, -0.05) is 54.1 Å². The second-order valence-corrected chi connectivity index (χ2v) is 6.80. The Balaban J connectivity index is 2.02. The van der Waals surface area contributed by atoms with Crippen LogP contribution in [0.1, 0.15) is 36.1 Å². The van der Waals surface area contributed by atoms with Gasteiger partial charge in [-0.15, -0.1) is 0 Å². The maximum Gasteiger partial charge on any atom is 0.0707 e. The maximum atomic E-state index is 10.5. The van der Waals surface area contributed by atoms with E-state index < -0.39 is 0 Å². The van der Waals surface area contributed by atoms with E-state index in [1.54, 1.807) is 0 Å². The molecule has 0 heterocycles. The van der Waals surface area contributed by atoms with Crippen LogP contribution in [-0.4, -0.2) is 28.7 Å². The molecule has 0 bridgehead atoms. The Morgan fingerprint density at radius 2 is 1.70 bits per heavy atom. The zero-order chi connectivity index (χ0) is 16.8. The van der Waals surface area contributed by atoms with E-state index in [0.717, 1.165) is 6.54 Å². The summed E-state index contributed by atoms with van der Waals surface area (Å²) in [5.41, 5.74) is 5.15. The zero-order valence-corrected chi connectivity index (χ0v) is 14.8. The molecule has 0 saturated heterocycles. The lowest BCUT2D eigenvalue weighted by atomic mass is 10.0. The molecule has 0 saturated carbocycles. The minimum Gasteiger partial charge on any atom is -0.391 e. The van der Waals surface area contributed by atoms with E-state index in [4.69, 9.17) is 0 Å². The monoisotopic (exact) mass is 311 g/mol. The fraction of sp³-hybridized carbons (Fsp3) is 0.429. The van der Waals surface area contributed by atoms with Gasteiger partial charge in [0.15, 0.2) is 0 Å². The Morgan fingerprint density at radius 3 is 2.35 bits per heavy atom. The molecule has 0 spiro atoms. The van der Waals surface area contributed by atoms with Gasteiger partial charge < -0.3 is 5.11 Å². The smallest absolute Gasteiger partial charge is 0.0707 e. The predicted octanol–water partition coefficient (Wildman–Crippen LogP) is 4.12. The van der Waals surface area contributed by atoms with Crippen molar-refractivity contribution in [2.75, 3.05) is 6.54 Å². The second-order valence-electron chi connectivity index (χ2n) is 6.80. The minimum atomic E-state index is -0.343. The number of aliphatic hydroxyl groups excluding tert-OH is 1. The fourth-order valence-corrected chi connectivity index (χ4v) is 2.87. The van der Waals surface area contributed by atoms with E-state index >= 15 is 0 Å². The minimum absolute atomic E-state index is 0.343. The van der Waals surface area contributed by atoms with Crippen LogP contribution in [0.3, 0.4) is 0 Å². The van der Waals surface area contributed by atoms with Crippen LogP contribution < -0.4 is 0 Å². The summed E-state index contributed by atoms with van der Waals surface area (Å²) in [6, 6.07) is 17.2. The third-order valence-electron chi connectivity index (χ3n) is 4.37. The van der Waals surface area contributed by atoms with Gasteiger partial charge in [0.25, 0.3) is 0 Å². The number of rotatable bonds is 7. The van der Waals surface area contributed by atoms with E-state index in [0.29, 0.717) is 19.0 Å². The topological polar surface area (TPSA) is 23.5 Å². The molecule has 2 nitrogen and oxygen atoms in total. The van der Waals surface area contributed by atoms with Crippen LogP contribution in [0.15, 0.2) is 48.5 Å². The van der Waals surface area contributed by atoms with Crippen LogP contribution in [0.2, 0.25) is 0 Å².